The number of hydrogen-bond acceptors (Lipinski definition) is 3. The molecule has 96 valence electrons. The van der Waals surface area contributed by atoms with Gasteiger partial charge in [-0.15, -0.1) is 0 Å². The number of rotatable bonds is 8. The van der Waals surface area contributed by atoms with Crippen LogP contribution in [-0.2, 0) is 9.47 Å². The van der Waals surface area contributed by atoms with E-state index in [1.54, 1.807) is 14.2 Å². The van der Waals surface area contributed by atoms with Gasteiger partial charge in [-0.2, -0.15) is 0 Å². The highest BCUT2D eigenvalue weighted by Crippen LogP contribution is 2.13. The fourth-order valence-electron chi connectivity index (χ4n) is 1.65. The van der Waals surface area contributed by atoms with Crippen molar-refractivity contribution >= 4 is 9.68 Å². The third-order valence-corrected chi connectivity index (χ3v) is 5.19. The zero-order chi connectivity index (χ0) is 12.6. The lowest BCUT2D eigenvalue weighted by Gasteiger charge is -2.22. The molecule has 0 radical (unpaired) electrons. The van der Waals surface area contributed by atoms with Gasteiger partial charge in [-0.1, -0.05) is 19.5 Å². The number of ether oxygens (including phenoxy) is 2. The first-order valence-electron chi connectivity index (χ1n) is 6.08. The Morgan fingerprint density at radius 2 is 1.56 bits per heavy atom. The molecule has 4 heteroatoms. The molecule has 0 N–H and O–H groups in total. The fourth-order valence-corrected chi connectivity index (χ4v) is 3.30. The van der Waals surface area contributed by atoms with Crippen molar-refractivity contribution < 1.29 is 9.47 Å². The van der Waals surface area contributed by atoms with E-state index < -0.39 is 0 Å². The summed E-state index contributed by atoms with van der Waals surface area (Å²) in [4.78, 5) is 0. The average molecular weight is 245 g/mol. The summed E-state index contributed by atoms with van der Waals surface area (Å²) in [6.45, 7) is 10.9. The molecule has 16 heavy (non-hydrogen) atoms. The maximum absolute atomic E-state index is 5.39. The van der Waals surface area contributed by atoms with E-state index >= 15 is 0 Å². The zero-order valence-corrected chi connectivity index (χ0v) is 13.0. The van der Waals surface area contributed by atoms with Crippen LogP contribution in [0.25, 0.3) is 0 Å². The van der Waals surface area contributed by atoms with Crippen molar-refractivity contribution in [3.63, 3.8) is 0 Å². The van der Waals surface area contributed by atoms with E-state index in [1.807, 2.05) is 0 Å². The monoisotopic (exact) mass is 245 g/mol. The molecule has 0 aromatic carbocycles. The number of hydrogen-bond donors (Lipinski definition) is 0. The summed E-state index contributed by atoms with van der Waals surface area (Å²) < 4.78 is 13.3. The van der Waals surface area contributed by atoms with Gasteiger partial charge in [0.25, 0.3) is 0 Å². The summed E-state index contributed by atoms with van der Waals surface area (Å²) in [5.41, 5.74) is 3.65. The van der Waals surface area contributed by atoms with Crippen molar-refractivity contribution in [2.45, 2.75) is 39.9 Å². The molecule has 3 nitrogen and oxygen atoms in total. The minimum absolute atomic E-state index is 0.151. The van der Waals surface area contributed by atoms with Gasteiger partial charge in [0.1, 0.15) is 9.68 Å². The molecule has 0 heterocycles. The van der Waals surface area contributed by atoms with Crippen molar-refractivity contribution in [1.82, 2.24) is 4.57 Å². The predicted octanol–water partition coefficient (Wildman–Crippen LogP) is 1.37. The van der Waals surface area contributed by atoms with E-state index in [4.69, 9.17) is 9.47 Å². The molecule has 2 unspecified atom stereocenters. The second kappa shape index (κ2) is 8.93. The molecular weight excluding hydrogens is 218 g/mol. The van der Waals surface area contributed by atoms with Crippen LogP contribution in [-0.4, -0.2) is 53.8 Å². The quantitative estimate of drug-likeness (QED) is 0.603. The summed E-state index contributed by atoms with van der Waals surface area (Å²) in [6.07, 6.45) is 0.302. The Kier molecular flexibility index (Phi) is 8.84. The third-order valence-electron chi connectivity index (χ3n) is 3.13. The van der Waals surface area contributed by atoms with Crippen molar-refractivity contribution in [3.05, 3.63) is 11.3 Å². The average Bonchev–Trinajstić information content (AvgIpc) is 2.33. The van der Waals surface area contributed by atoms with E-state index in [2.05, 4.69) is 38.0 Å². The van der Waals surface area contributed by atoms with Crippen LogP contribution in [0.15, 0.2) is 11.3 Å². The number of nitrogens with zero attached hydrogens (tertiary/aromatic N) is 1. The van der Waals surface area contributed by atoms with Crippen LogP contribution >= 0.6 is 0 Å². The fraction of sp³-hybridized carbons (Fsp3) is 0.833. The van der Waals surface area contributed by atoms with Gasteiger partial charge in [-0.05, 0) is 32.5 Å². The molecule has 0 aromatic heterocycles. The smallest absolute Gasteiger partial charge is 0.119 e. The molecule has 0 aliphatic heterocycles. The molecule has 0 aliphatic rings. The molecule has 0 aliphatic carbocycles. The summed E-state index contributed by atoms with van der Waals surface area (Å²) in [5.74, 6) is 0. The van der Waals surface area contributed by atoms with Gasteiger partial charge in [0.2, 0.25) is 0 Å². The van der Waals surface area contributed by atoms with Crippen molar-refractivity contribution in [3.8, 4) is 0 Å². The molecule has 0 fully saturated rings. The van der Waals surface area contributed by atoms with Gasteiger partial charge >= 0.3 is 0 Å². The molecule has 0 aromatic rings. The van der Waals surface area contributed by atoms with E-state index in [0.29, 0.717) is 0 Å². The van der Waals surface area contributed by atoms with Gasteiger partial charge in [-0.25, -0.2) is 0 Å². The normalized spacial score (nSPS) is 15.7. The Morgan fingerprint density at radius 3 is 1.88 bits per heavy atom. The van der Waals surface area contributed by atoms with Gasteiger partial charge in [0.15, 0.2) is 0 Å². The van der Waals surface area contributed by atoms with Crippen molar-refractivity contribution in [2.24, 2.45) is 0 Å². The highest BCUT2D eigenvalue weighted by molar-refractivity contribution is 6.39. The van der Waals surface area contributed by atoms with Crippen LogP contribution in [0.3, 0.4) is 0 Å². The topological polar surface area (TPSA) is 21.7 Å². The Morgan fingerprint density at radius 1 is 1.12 bits per heavy atom. The van der Waals surface area contributed by atoms with Crippen molar-refractivity contribution in [2.75, 3.05) is 27.3 Å². The minimum Gasteiger partial charge on any atom is -0.377 e. The Hall–Kier alpha value is -0.163. The highest BCUT2D eigenvalue weighted by atomic mass is 28.2. The second-order valence-electron chi connectivity index (χ2n) is 3.95. The van der Waals surface area contributed by atoms with E-state index in [-0.39, 0.29) is 21.9 Å². The van der Waals surface area contributed by atoms with E-state index in [1.165, 1.54) is 5.57 Å². The first-order chi connectivity index (χ1) is 7.60. The first kappa shape index (κ1) is 15.8. The third kappa shape index (κ3) is 5.25. The molecule has 2 atom stereocenters. The highest BCUT2D eigenvalue weighted by Gasteiger charge is 2.15. The first-order valence-corrected chi connectivity index (χ1v) is 7.53. The van der Waals surface area contributed by atoms with Gasteiger partial charge < -0.3 is 14.0 Å². The Balaban J connectivity index is 4.55. The van der Waals surface area contributed by atoms with Crippen molar-refractivity contribution in [1.29, 1.82) is 0 Å². The minimum atomic E-state index is -0.315. The second-order valence-corrected chi connectivity index (χ2v) is 5.61. The molecule has 0 amide bonds. The zero-order valence-electron chi connectivity index (χ0n) is 11.6. The molecule has 0 saturated carbocycles. The van der Waals surface area contributed by atoms with E-state index in [0.717, 1.165) is 13.1 Å². The van der Waals surface area contributed by atoms with Gasteiger partial charge in [0, 0.05) is 14.2 Å². The van der Waals surface area contributed by atoms with Crippen LogP contribution in [0.1, 0.15) is 27.7 Å². The molecular formula is C12H27NO2Si. The SMILES string of the molecule is CCN(CC)[SiH2]C=C(C(C)OC)C(C)OC. The molecule has 0 spiro atoms. The summed E-state index contributed by atoms with van der Waals surface area (Å²) in [5, 5.41) is 0. The molecule has 0 rings (SSSR count). The maximum atomic E-state index is 5.39. The Bertz CT molecular complexity index is 193. The van der Waals surface area contributed by atoms with Crippen LogP contribution < -0.4 is 0 Å². The summed E-state index contributed by atoms with van der Waals surface area (Å²) >= 11 is 0. The lowest BCUT2D eigenvalue weighted by atomic mass is 10.1. The lowest BCUT2D eigenvalue weighted by Crippen LogP contribution is -2.29. The summed E-state index contributed by atoms with van der Waals surface area (Å²) in [7, 11) is 3.18. The number of methoxy groups -OCH3 is 2. The van der Waals surface area contributed by atoms with Crippen LogP contribution in [0.2, 0.25) is 0 Å². The Labute approximate surface area is 103 Å². The maximum Gasteiger partial charge on any atom is 0.119 e. The standard InChI is InChI=1S/C12H27NO2Si/c1-7-13(8-2)16-9-12(10(3)14-5)11(4)15-6/h9-11H,7-8,16H2,1-6H3. The van der Waals surface area contributed by atoms with Gasteiger partial charge in [0.05, 0.1) is 12.2 Å². The van der Waals surface area contributed by atoms with Crippen LogP contribution in [0, 0.1) is 0 Å². The largest absolute Gasteiger partial charge is 0.377 e. The van der Waals surface area contributed by atoms with Crippen LogP contribution in [0.5, 0.6) is 0 Å². The van der Waals surface area contributed by atoms with Crippen LogP contribution in [0.4, 0.5) is 0 Å². The lowest BCUT2D eigenvalue weighted by molar-refractivity contribution is 0.0909. The summed E-state index contributed by atoms with van der Waals surface area (Å²) in [6, 6.07) is 0. The van der Waals surface area contributed by atoms with E-state index in [9.17, 15) is 0 Å². The predicted molar refractivity (Wildman–Crippen MR) is 72.5 cm³/mol. The molecule has 0 saturated heterocycles. The molecule has 0 bridgehead atoms. The van der Waals surface area contributed by atoms with Gasteiger partial charge in [-0.3, -0.25) is 0 Å².